The van der Waals surface area contributed by atoms with E-state index in [1.165, 1.54) is 24.0 Å². The third-order valence-corrected chi connectivity index (χ3v) is 3.23. The maximum atomic E-state index is 11.1. The first-order valence-corrected chi connectivity index (χ1v) is 6.38. The Morgan fingerprint density at radius 3 is 2.83 bits per heavy atom. The number of nitrogens with one attached hydrogen (secondary N) is 1. The van der Waals surface area contributed by atoms with Gasteiger partial charge in [-0.2, -0.15) is 0 Å². The lowest BCUT2D eigenvalue weighted by atomic mass is 10.2. The van der Waals surface area contributed by atoms with Crippen molar-refractivity contribution in [3.8, 4) is 0 Å². The van der Waals surface area contributed by atoms with Gasteiger partial charge in [0, 0.05) is 23.4 Å². The molecule has 18 heavy (non-hydrogen) atoms. The quantitative estimate of drug-likeness (QED) is 0.822. The van der Waals surface area contributed by atoms with E-state index in [0.717, 1.165) is 4.90 Å². The molecule has 2 aromatic heterocycles. The van der Waals surface area contributed by atoms with Gasteiger partial charge in [0.1, 0.15) is 0 Å². The average Bonchev–Trinajstić information content (AvgIpc) is 2.39. The van der Waals surface area contributed by atoms with Crippen LogP contribution in [0, 0.1) is 0 Å². The summed E-state index contributed by atoms with van der Waals surface area (Å²) in [5, 5.41) is 10.1. The van der Waals surface area contributed by atoms with Crippen LogP contribution in [0.3, 0.4) is 0 Å². The fourth-order valence-corrected chi connectivity index (χ4v) is 2.10. The van der Waals surface area contributed by atoms with E-state index in [0.29, 0.717) is 17.3 Å². The zero-order valence-corrected chi connectivity index (χ0v) is 10.6. The SMILES string of the molecule is CC[C@@H](O)c1ccc(Sc2nccc(=O)[nH]2)cn1. The van der Waals surface area contributed by atoms with Gasteiger partial charge in [0.25, 0.3) is 5.56 Å². The molecule has 0 aliphatic heterocycles. The summed E-state index contributed by atoms with van der Waals surface area (Å²) in [5.74, 6) is 0. The Labute approximate surface area is 108 Å². The fourth-order valence-electron chi connectivity index (χ4n) is 1.37. The molecule has 1 atom stereocenters. The highest BCUT2D eigenvalue weighted by Crippen LogP contribution is 2.24. The molecule has 0 radical (unpaired) electrons. The summed E-state index contributed by atoms with van der Waals surface area (Å²) < 4.78 is 0. The van der Waals surface area contributed by atoms with E-state index in [9.17, 15) is 9.90 Å². The molecule has 0 bridgehead atoms. The van der Waals surface area contributed by atoms with Gasteiger partial charge in [-0.3, -0.25) is 9.78 Å². The summed E-state index contributed by atoms with van der Waals surface area (Å²) >= 11 is 1.32. The van der Waals surface area contributed by atoms with Crippen LogP contribution in [0.2, 0.25) is 0 Å². The Hall–Kier alpha value is -1.66. The maximum Gasteiger partial charge on any atom is 0.251 e. The first-order chi connectivity index (χ1) is 8.69. The Balaban J connectivity index is 2.13. The van der Waals surface area contributed by atoms with E-state index in [4.69, 9.17) is 0 Å². The second kappa shape index (κ2) is 5.79. The van der Waals surface area contributed by atoms with Crippen LogP contribution < -0.4 is 5.56 Å². The smallest absolute Gasteiger partial charge is 0.251 e. The van der Waals surface area contributed by atoms with Crippen LogP contribution in [-0.4, -0.2) is 20.1 Å². The van der Waals surface area contributed by atoms with Crippen LogP contribution in [0.4, 0.5) is 0 Å². The number of pyridine rings is 1. The monoisotopic (exact) mass is 263 g/mol. The number of aromatic nitrogens is 3. The number of rotatable bonds is 4. The van der Waals surface area contributed by atoms with Crippen molar-refractivity contribution in [3.63, 3.8) is 0 Å². The molecule has 0 aliphatic rings. The molecule has 0 amide bonds. The lowest BCUT2D eigenvalue weighted by molar-refractivity contribution is 0.169. The molecule has 2 aromatic rings. The Kier molecular flexibility index (Phi) is 4.11. The van der Waals surface area contributed by atoms with Crippen molar-refractivity contribution in [2.45, 2.75) is 29.5 Å². The van der Waals surface area contributed by atoms with Crippen molar-refractivity contribution >= 4 is 11.8 Å². The number of H-pyrrole nitrogens is 1. The molecule has 6 heteroatoms. The maximum absolute atomic E-state index is 11.1. The molecule has 0 saturated heterocycles. The highest BCUT2D eigenvalue weighted by atomic mass is 32.2. The standard InChI is InChI=1S/C12H13N3O2S/c1-2-10(16)9-4-3-8(7-14-9)18-12-13-6-5-11(17)15-12/h3-7,10,16H,2H2,1H3,(H,13,15,17)/t10-/m1/s1. The van der Waals surface area contributed by atoms with Crippen molar-refractivity contribution < 1.29 is 5.11 Å². The van der Waals surface area contributed by atoms with Crippen molar-refractivity contribution in [1.82, 2.24) is 15.0 Å². The van der Waals surface area contributed by atoms with Crippen LogP contribution >= 0.6 is 11.8 Å². The molecular formula is C12H13N3O2S. The summed E-state index contributed by atoms with van der Waals surface area (Å²) in [5.41, 5.74) is 0.467. The van der Waals surface area contributed by atoms with Gasteiger partial charge in [0.05, 0.1) is 11.8 Å². The van der Waals surface area contributed by atoms with Crippen LogP contribution in [-0.2, 0) is 0 Å². The normalized spacial score (nSPS) is 12.3. The number of hydrogen-bond donors (Lipinski definition) is 2. The minimum absolute atomic E-state index is 0.182. The second-order valence-corrected chi connectivity index (χ2v) is 4.75. The van der Waals surface area contributed by atoms with E-state index in [2.05, 4.69) is 15.0 Å². The van der Waals surface area contributed by atoms with E-state index in [1.807, 2.05) is 13.0 Å². The zero-order valence-electron chi connectivity index (χ0n) is 9.83. The summed E-state index contributed by atoms with van der Waals surface area (Å²) in [6.07, 6.45) is 3.22. The van der Waals surface area contributed by atoms with Crippen LogP contribution in [0.25, 0.3) is 0 Å². The highest BCUT2D eigenvalue weighted by molar-refractivity contribution is 7.99. The number of nitrogens with zero attached hydrogens (tertiary/aromatic N) is 2. The van der Waals surface area contributed by atoms with Gasteiger partial charge >= 0.3 is 0 Å². The third kappa shape index (κ3) is 3.18. The highest BCUT2D eigenvalue weighted by Gasteiger charge is 2.06. The minimum atomic E-state index is -0.529. The first kappa shape index (κ1) is 12.8. The number of aliphatic hydroxyl groups excluding tert-OH is 1. The van der Waals surface area contributed by atoms with Crippen LogP contribution in [0.1, 0.15) is 25.1 Å². The Morgan fingerprint density at radius 2 is 2.22 bits per heavy atom. The van der Waals surface area contributed by atoms with Crippen LogP contribution in [0.15, 0.2) is 45.4 Å². The van der Waals surface area contributed by atoms with Gasteiger partial charge in [-0.1, -0.05) is 18.7 Å². The van der Waals surface area contributed by atoms with Crippen molar-refractivity contribution in [2.24, 2.45) is 0 Å². The molecule has 0 fully saturated rings. The first-order valence-electron chi connectivity index (χ1n) is 5.56. The number of hydrogen-bond acceptors (Lipinski definition) is 5. The Morgan fingerprint density at radius 1 is 1.39 bits per heavy atom. The minimum Gasteiger partial charge on any atom is -0.387 e. The summed E-state index contributed by atoms with van der Waals surface area (Å²) in [4.78, 5) is 22.8. The van der Waals surface area contributed by atoms with Crippen LogP contribution in [0.5, 0.6) is 0 Å². The molecule has 0 aliphatic carbocycles. The van der Waals surface area contributed by atoms with Gasteiger partial charge in [-0.05, 0) is 18.6 Å². The Bertz CT molecular complexity index is 568. The largest absolute Gasteiger partial charge is 0.387 e. The van der Waals surface area contributed by atoms with Crippen molar-refractivity contribution in [1.29, 1.82) is 0 Å². The van der Waals surface area contributed by atoms with E-state index >= 15 is 0 Å². The summed E-state index contributed by atoms with van der Waals surface area (Å²) in [6, 6.07) is 4.99. The molecule has 94 valence electrons. The zero-order chi connectivity index (χ0) is 13.0. The number of aromatic amines is 1. The predicted octanol–water partition coefficient (Wildman–Crippen LogP) is 1.76. The third-order valence-electron chi connectivity index (χ3n) is 2.35. The molecule has 0 spiro atoms. The molecule has 2 N–H and O–H groups in total. The molecule has 0 aromatic carbocycles. The summed E-state index contributed by atoms with van der Waals surface area (Å²) in [7, 11) is 0. The summed E-state index contributed by atoms with van der Waals surface area (Å²) in [6.45, 7) is 1.90. The number of aliphatic hydroxyl groups is 1. The van der Waals surface area contributed by atoms with Crippen molar-refractivity contribution in [2.75, 3.05) is 0 Å². The van der Waals surface area contributed by atoms with Crippen molar-refractivity contribution in [3.05, 3.63) is 46.6 Å². The molecular weight excluding hydrogens is 250 g/mol. The molecule has 0 unspecified atom stereocenters. The lowest BCUT2D eigenvalue weighted by Crippen LogP contribution is -2.05. The van der Waals surface area contributed by atoms with Gasteiger partial charge < -0.3 is 10.1 Å². The van der Waals surface area contributed by atoms with Gasteiger partial charge in [-0.15, -0.1) is 0 Å². The predicted molar refractivity (Wildman–Crippen MR) is 68.5 cm³/mol. The van der Waals surface area contributed by atoms with Gasteiger partial charge in [-0.25, -0.2) is 4.98 Å². The second-order valence-electron chi connectivity index (χ2n) is 3.68. The molecule has 2 heterocycles. The van der Waals surface area contributed by atoms with Gasteiger partial charge in [0.15, 0.2) is 5.16 Å². The topological polar surface area (TPSA) is 78.9 Å². The van der Waals surface area contributed by atoms with E-state index in [-0.39, 0.29) is 5.56 Å². The van der Waals surface area contributed by atoms with Gasteiger partial charge in [0.2, 0.25) is 0 Å². The molecule has 0 saturated carbocycles. The van der Waals surface area contributed by atoms with E-state index < -0.39 is 6.10 Å². The lowest BCUT2D eigenvalue weighted by Gasteiger charge is -2.07. The van der Waals surface area contributed by atoms with E-state index in [1.54, 1.807) is 12.3 Å². The molecule has 5 nitrogen and oxygen atoms in total. The average molecular weight is 263 g/mol. The fraction of sp³-hybridized carbons (Fsp3) is 0.250. The molecule has 2 rings (SSSR count).